The van der Waals surface area contributed by atoms with Gasteiger partial charge in [-0.15, -0.1) is 0 Å². The van der Waals surface area contributed by atoms with E-state index in [9.17, 15) is 18.0 Å². The lowest BCUT2D eigenvalue weighted by molar-refractivity contribution is -0.114. The van der Waals surface area contributed by atoms with Crippen LogP contribution in [0.15, 0.2) is 88.5 Å². The Morgan fingerprint density at radius 2 is 1.86 bits per heavy atom. The molecule has 3 heterocycles. The number of dihydropyridines is 1. The maximum absolute atomic E-state index is 13.7. The number of ether oxygens (including phenoxy) is 4. The molecule has 0 saturated carbocycles. The average molecular weight is 787 g/mol. The summed E-state index contributed by atoms with van der Waals surface area (Å²) in [7, 11) is 1.58. The molecule has 6 rings (SSSR count). The summed E-state index contributed by atoms with van der Waals surface area (Å²) >= 11 is -0.753. The van der Waals surface area contributed by atoms with Crippen LogP contribution in [0.3, 0.4) is 0 Å². The number of alkyl halides is 3. The predicted molar refractivity (Wildman–Crippen MR) is 190 cm³/mol. The minimum absolute atomic E-state index is 0.0256. The molecule has 256 valence electrons. The number of carbonyl (C=O) groups is 1. The fourth-order valence-corrected chi connectivity index (χ4v) is 7.51. The second-order valence-electron chi connectivity index (χ2n) is 11.6. The number of nitrogens with zero attached hydrogens (tertiary/aromatic N) is 2. The second kappa shape index (κ2) is 15.5. The van der Waals surface area contributed by atoms with Crippen LogP contribution in [-0.2, 0) is 9.53 Å². The lowest BCUT2D eigenvalue weighted by atomic mass is 9.97. The molecule has 1 amide bonds. The van der Waals surface area contributed by atoms with Gasteiger partial charge in [0.15, 0.2) is 15.2 Å². The van der Waals surface area contributed by atoms with Crippen LogP contribution in [0.25, 0.3) is 0 Å². The lowest BCUT2D eigenvalue weighted by Gasteiger charge is -2.23. The molecule has 2 N–H and O–H groups in total. The van der Waals surface area contributed by atoms with E-state index in [0.29, 0.717) is 44.7 Å². The van der Waals surface area contributed by atoms with Gasteiger partial charge in [0.1, 0.15) is 17.2 Å². The molecule has 3 aromatic rings. The Bertz CT molecular complexity index is 1840. The summed E-state index contributed by atoms with van der Waals surface area (Å²) in [6, 6.07) is 17.9. The van der Waals surface area contributed by atoms with Gasteiger partial charge in [-0.3, -0.25) is 15.2 Å². The van der Waals surface area contributed by atoms with Crippen molar-refractivity contribution in [2.75, 3.05) is 26.9 Å². The summed E-state index contributed by atoms with van der Waals surface area (Å²) < 4.78 is 67.2. The number of fused-ring (bicyclic) bond motifs is 1. The maximum Gasteiger partial charge on any atom is 0.432 e. The Balaban J connectivity index is 1.13. The van der Waals surface area contributed by atoms with E-state index in [-0.39, 0.29) is 17.7 Å². The van der Waals surface area contributed by atoms with Crippen LogP contribution in [0.5, 0.6) is 17.2 Å². The molecule has 0 aromatic heterocycles. The minimum Gasteiger partial charge on any atom is -0.493 e. The summed E-state index contributed by atoms with van der Waals surface area (Å²) in [5, 5.41) is 11.1. The molecule has 0 aliphatic carbocycles. The van der Waals surface area contributed by atoms with Gasteiger partial charge in [0.25, 0.3) is 5.91 Å². The van der Waals surface area contributed by atoms with Crippen LogP contribution in [0.4, 0.5) is 18.9 Å². The molecule has 49 heavy (non-hydrogen) atoms. The van der Waals surface area contributed by atoms with Crippen molar-refractivity contribution in [2.45, 2.75) is 37.9 Å². The van der Waals surface area contributed by atoms with Crippen molar-refractivity contribution < 1.29 is 36.9 Å². The number of nitrogens with one attached hydrogen (secondary N) is 2. The third-order valence-electron chi connectivity index (χ3n) is 8.28. The minimum atomic E-state index is -4.70. The lowest BCUT2D eigenvalue weighted by Crippen LogP contribution is -2.34. The Labute approximate surface area is 291 Å². The number of carbonyl (C=O) groups excluding carboxylic acids is 1. The highest BCUT2D eigenvalue weighted by Crippen LogP contribution is 2.39. The zero-order valence-corrected chi connectivity index (χ0v) is 28.7. The number of amides is 1. The van der Waals surface area contributed by atoms with Crippen molar-refractivity contribution in [1.82, 2.24) is 5.32 Å². The van der Waals surface area contributed by atoms with E-state index in [4.69, 9.17) is 24.4 Å². The molecule has 0 spiro atoms. The monoisotopic (exact) mass is 786 g/mol. The van der Waals surface area contributed by atoms with Gasteiger partial charge in [0.05, 0.1) is 35.2 Å². The van der Waals surface area contributed by atoms with Gasteiger partial charge < -0.3 is 24.3 Å². The van der Waals surface area contributed by atoms with E-state index in [1.807, 2.05) is 16.4 Å². The Morgan fingerprint density at radius 3 is 2.61 bits per heavy atom. The smallest absolute Gasteiger partial charge is 0.432 e. The highest BCUT2D eigenvalue weighted by atomic mass is 127. The molecule has 3 aliphatic rings. The van der Waals surface area contributed by atoms with E-state index in [2.05, 4.69) is 15.3 Å². The van der Waals surface area contributed by atoms with Crippen LogP contribution >= 0.6 is 20.7 Å². The Hall–Kier alpha value is -4.37. The second-order valence-corrected chi connectivity index (χ2v) is 13.8. The summed E-state index contributed by atoms with van der Waals surface area (Å²) in [6.07, 6.45) is -0.841. The fraction of sp³-hybridized carbons (Fsp3) is 0.306. The molecule has 1 fully saturated rings. The highest BCUT2D eigenvalue weighted by Gasteiger charge is 2.37. The van der Waals surface area contributed by atoms with Gasteiger partial charge >= 0.3 is 6.18 Å². The predicted octanol–water partition coefficient (Wildman–Crippen LogP) is 7.61. The fourth-order valence-electron chi connectivity index (χ4n) is 5.66. The molecular weight excluding hydrogens is 752 g/mol. The highest BCUT2D eigenvalue weighted by molar-refractivity contribution is 14.2. The number of methoxy groups -OCH3 is 1. The third-order valence-corrected chi connectivity index (χ3v) is 10.2. The van der Waals surface area contributed by atoms with Gasteiger partial charge in [0, 0.05) is 37.0 Å². The first-order chi connectivity index (χ1) is 23.7. The van der Waals surface area contributed by atoms with E-state index in [0.717, 1.165) is 44.1 Å². The quantitative estimate of drug-likeness (QED) is 0.154. The van der Waals surface area contributed by atoms with Gasteiger partial charge in [-0.2, -0.15) is 13.2 Å². The molecule has 0 radical (unpaired) electrons. The molecule has 9 nitrogen and oxygen atoms in total. The summed E-state index contributed by atoms with van der Waals surface area (Å²) in [5.74, 6) is 1.29. The molecule has 3 aromatic carbocycles. The molecule has 0 unspecified atom stereocenters. The Morgan fingerprint density at radius 1 is 1.06 bits per heavy atom. The van der Waals surface area contributed by atoms with E-state index in [1.54, 1.807) is 61.7 Å². The number of aliphatic imine (C=N–C) groups is 2. The van der Waals surface area contributed by atoms with Crippen LogP contribution in [-0.4, -0.2) is 58.4 Å². The van der Waals surface area contributed by atoms with Gasteiger partial charge in [-0.25, -0.2) is 4.99 Å². The van der Waals surface area contributed by atoms with Crippen LogP contribution < -0.4 is 19.5 Å². The zero-order chi connectivity index (χ0) is 34.4. The van der Waals surface area contributed by atoms with E-state index < -0.39 is 50.3 Å². The molecular formula is C36H34F3IN4O5. The third kappa shape index (κ3) is 8.63. The van der Waals surface area contributed by atoms with Gasteiger partial charge in [-0.1, -0.05) is 42.5 Å². The van der Waals surface area contributed by atoms with Crippen molar-refractivity contribution in [3.63, 3.8) is 0 Å². The summed E-state index contributed by atoms with van der Waals surface area (Å²) in [5.41, 5.74) is 0.789. The maximum atomic E-state index is 13.7. The topological polar surface area (TPSA) is 115 Å². The summed E-state index contributed by atoms with van der Waals surface area (Å²) in [4.78, 5) is 21.6. The van der Waals surface area contributed by atoms with Gasteiger partial charge in [-0.05, 0) is 75.7 Å². The number of hydrogen-bond donors (Lipinski definition) is 2. The van der Waals surface area contributed by atoms with Crippen LogP contribution in [0, 0.1) is 11.3 Å². The van der Waals surface area contributed by atoms with E-state index in [1.165, 1.54) is 0 Å². The first-order valence-corrected chi connectivity index (χ1v) is 18.0. The first-order valence-electron chi connectivity index (χ1n) is 15.7. The van der Waals surface area contributed by atoms with Crippen LogP contribution in [0.1, 0.15) is 48.4 Å². The van der Waals surface area contributed by atoms with Crippen molar-refractivity contribution in [3.8, 4) is 17.2 Å². The van der Waals surface area contributed by atoms with Gasteiger partial charge in [0.2, 0.25) is 0 Å². The zero-order valence-electron chi connectivity index (χ0n) is 26.6. The van der Waals surface area contributed by atoms with Crippen LogP contribution in [0.2, 0.25) is 0 Å². The molecule has 1 saturated heterocycles. The van der Waals surface area contributed by atoms with Crippen molar-refractivity contribution in [2.24, 2.45) is 15.9 Å². The van der Waals surface area contributed by atoms with E-state index >= 15 is 0 Å². The largest absolute Gasteiger partial charge is 0.493 e. The average Bonchev–Trinajstić information content (AvgIpc) is 3.11. The van der Waals surface area contributed by atoms with Crippen molar-refractivity contribution >= 4 is 51.7 Å². The van der Waals surface area contributed by atoms with Crippen molar-refractivity contribution in [1.29, 1.82) is 5.41 Å². The van der Waals surface area contributed by atoms with Crippen molar-refractivity contribution in [3.05, 3.63) is 95.2 Å². The normalized spacial score (nSPS) is 17.8. The number of allylic oxidation sites excluding steroid dienone is 1. The standard InChI is InChI=1S/C36H34F3IN4O5/c1-46-30-19-27-29(20-31(30)48-15-12-22-10-13-47-14-11-22)42-21-40-34(27)49-26-9-5-8-24(16-26)33(41)35(45)43-25-17-28(23-6-3-2-4-7-23)44-32(18-25)36(37,38)39/h2-9,16,18-22,28,41H,10-15,17H2,1H3,(H,43,45)/t28-/m0/s1. The SMILES string of the molecule is COc1cc2c(cc1OCCC1CCOCC1)N=CI=C2Oc1cccc(C(=N)C(=O)NC2=CC(C(F)(F)F)=N[C@H](c3ccccc3)C2)c1. The Kier molecular flexibility index (Phi) is 10.9. The summed E-state index contributed by atoms with van der Waals surface area (Å²) in [6.45, 7) is 2.13. The first kappa shape index (κ1) is 34.5. The molecule has 0 bridgehead atoms. The molecule has 1 atom stereocenters. The molecule has 13 heteroatoms. The number of hydrogen-bond acceptors (Lipinski definition) is 8. The number of benzene rings is 3. The molecule has 3 aliphatic heterocycles. The number of halogens is 4. The number of rotatable bonds is 11.